The topological polar surface area (TPSA) is 43.4 Å². The van der Waals surface area contributed by atoms with Gasteiger partial charge in [0.05, 0.1) is 18.1 Å². The summed E-state index contributed by atoms with van der Waals surface area (Å²) in [6.07, 6.45) is 0.171. The number of carbonyl (C=O) groups excluding carboxylic acids is 2. The van der Waals surface area contributed by atoms with Gasteiger partial charge in [-0.05, 0) is 23.8 Å². The number of carbonyl (C=O) groups is 2. The highest BCUT2D eigenvalue weighted by Gasteiger charge is 2.32. The first-order valence-electron chi connectivity index (χ1n) is 8.42. The molecule has 0 radical (unpaired) electrons. The van der Waals surface area contributed by atoms with Crippen molar-refractivity contribution in [1.82, 2.24) is 0 Å². The number of aryl methyl sites for hydroxylation is 1. The van der Waals surface area contributed by atoms with Crippen molar-refractivity contribution in [2.45, 2.75) is 13.3 Å². The fourth-order valence-corrected chi connectivity index (χ4v) is 3.33. The highest BCUT2D eigenvalue weighted by atomic mass is 16.5. The third kappa shape index (κ3) is 2.82. The zero-order chi connectivity index (χ0) is 17.4. The molecular formula is C22H18O3. The van der Waals surface area contributed by atoms with E-state index in [0.717, 1.165) is 16.3 Å². The smallest absolute Gasteiger partial charge is 0.174 e. The maximum atomic E-state index is 13.0. The van der Waals surface area contributed by atoms with Crippen LogP contribution in [0.3, 0.4) is 0 Å². The van der Waals surface area contributed by atoms with Crippen molar-refractivity contribution in [1.29, 1.82) is 0 Å². The van der Waals surface area contributed by atoms with Crippen LogP contribution in [-0.2, 0) is 0 Å². The minimum absolute atomic E-state index is 0.00138. The number of ketones is 2. The lowest BCUT2D eigenvalue weighted by Gasteiger charge is -2.25. The molecule has 0 aromatic heterocycles. The van der Waals surface area contributed by atoms with Crippen LogP contribution in [0.25, 0.3) is 10.8 Å². The molecule has 3 aromatic carbocycles. The lowest BCUT2D eigenvalue weighted by molar-refractivity contribution is 0.0770. The van der Waals surface area contributed by atoms with Crippen molar-refractivity contribution in [3.63, 3.8) is 0 Å². The third-order valence-corrected chi connectivity index (χ3v) is 4.75. The Morgan fingerprint density at radius 3 is 2.60 bits per heavy atom. The summed E-state index contributed by atoms with van der Waals surface area (Å²) in [6.45, 7) is 2.23. The number of hydrogen-bond donors (Lipinski definition) is 0. The van der Waals surface area contributed by atoms with Gasteiger partial charge in [-0.1, -0.05) is 60.2 Å². The first-order chi connectivity index (χ1) is 12.1. The second-order valence-electron chi connectivity index (χ2n) is 6.53. The van der Waals surface area contributed by atoms with E-state index in [9.17, 15) is 9.59 Å². The Morgan fingerprint density at radius 1 is 1.04 bits per heavy atom. The minimum atomic E-state index is -0.438. The Kier molecular flexibility index (Phi) is 3.85. The van der Waals surface area contributed by atoms with E-state index in [1.807, 2.05) is 67.6 Å². The number of fused-ring (bicyclic) bond motifs is 3. The monoisotopic (exact) mass is 330 g/mol. The molecule has 1 aliphatic heterocycles. The normalized spacial score (nSPS) is 16.4. The zero-order valence-corrected chi connectivity index (χ0v) is 14.0. The summed E-state index contributed by atoms with van der Waals surface area (Å²) in [5.41, 5.74) is 2.35. The van der Waals surface area contributed by atoms with Gasteiger partial charge >= 0.3 is 0 Å². The molecule has 1 aliphatic rings. The van der Waals surface area contributed by atoms with Gasteiger partial charge in [0.1, 0.15) is 5.75 Å². The van der Waals surface area contributed by atoms with Gasteiger partial charge in [0.25, 0.3) is 0 Å². The molecule has 0 saturated heterocycles. The van der Waals surface area contributed by atoms with Gasteiger partial charge in [-0.2, -0.15) is 0 Å². The first kappa shape index (κ1) is 15.6. The fourth-order valence-electron chi connectivity index (χ4n) is 3.33. The zero-order valence-electron chi connectivity index (χ0n) is 14.0. The summed E-state index contributed by atoms with van der Waals surface area (Å²) < 4.78 is 5.80. The molecule has 0 bridgehead atoms. The van der Waals surface area contributed by atoms with Crippen LogP contribution in [-0.4, -0.2) is 18.2 Å². The molecule has 0 fully saturated rings. The molecule has 0 N–H and O–H groups in total. The summed E-state index contributed by atoms with van der Waals surface area (Å²) in [5, 5.41) is 1.89. The average molecular weight is 330 g/mol. The standard InChI is InChI=1S/C22H18O3/c1-14-6-8-16(9-7-14)19(23)12-17-13-25-20-11-10-15-4-2-3-5-18(15)21(20)22(17)24/h2-11,17H,12-13H2,1H3. The molecule has 0 saturated carbocycles. The van der Waals surface area contributed by atoms with E-state index in [0.29, 0.717) is 16.9 Å². The SMILES string of the molecule is Cc1ccc(C(=O)CC2COc3ccc4ccccc4c3C2=O)cc1. The molecule has 0 spiro atoms. The van der Waals surface area contributed by atoms with Crippen molar-refractivity contribution in [3.8, 4) is 5.75 Å². The van der Waals surface area contributed by atoms with Crippen LogP contribution in [0.5, 0.6) is 5.75 Å². The van der Waals surface area contributed by atoms with Crippen LogP contribution in [0, 0.1) is 12.8 Å². The van der Waals surface area contributed by atoms with E-state index >= 15 is 0 Å². The lowest BCUT2D eigenvalue weighted by Crippen LogP contribution is -2.30. The molecule has 3 heteroatoms. The summed E-state index contributed by atoms with van der Waals surface area (Å²) >= 11 is 0. The Morgan fingerprint density at radius 2 is 1.80 bits per heavy atom. The average Bonchev–Trinajstić information content (AvgIpc) is 2.64. The quantitative estimate of drug-likeness (QED) is 0.659. The van der Waals surface area contributed by atoms with Gasteiger partial charge in [0.2, 0.25) is 0 Å². The second-order valence-corrected chi connectivity index (χ2v) is 6.53. The summed E-state index contributed by atoms with van der Waals surface area (Å²) in [4.78, 5) is 25.6. The number of benzene rings is 3. The van der Waals surface area contributed by atoms with Gasteiger partial charge < -0.3 is 4.74 Å². The van der Waals surface area contributed by atoms with Gasteiger partial charge in [0.15, 0.2) is 11.6 Å². The van der Waals surface area contributed by atoms with Crippen LogP contribution in [0.15, 0.2) is 60.7 Å². The number of Topliss-reactive ketones (excluding diaryl/α,β-unsaturated/α-hetero) is 2. The number of hydrogen-bond acceptors (Lipinski definition) is 3. The van der Waals surface area contributed by atoms with Crippen LogP contribution >= 0.6 is 0 Å². The molecule has 124 valence electrons. The molecule has 3 nitrogen and oxygen atoms in total. The van der Waals surface area contributed by atoms with Crippen LogP contribution in [0.1, 0.15) is 32.7 Å². The molecule has 1 heterocycles. The summed E-state index contributed by atoms with van der Waals surface area (Å²) in [6, 6.07) is 19.0. The van der Waals surface area contributed by atoms with Crippen molar-refractivity contribution < 1.29 is 14.3 Å². The van der Waals surface area contributed by atoms with E-state index in [2.05, 4.69) is 0 Å². The van der Waals surface area contributed by atoms with E-state index < -0.39 is 5.92 Å². The van der Waals surface area contributed by atoms with Crippen molar-refractivity contribution in [2.24, 2.45) is 5.92 Å². The molecule has 3 aromatic rings. The molecule has 25 heavy (non-hydrogen) atoms. The number of rotatable bonds is 3. The maximum absolute atomic E-state index is 13.0. The largest absolute Gasteiger partial charge is 0.492 e. The Hall–Kier alpha value is -2.94. The van der Waals surface area contributed by atoms with Gasteiger partial charge in [-0.3, -0.25) is 9.59 Å². The highest BCUT2D eigenvalue weighted by molar-refractivity contribution is 6.13. The molecule has 0 aliphatic carbocycles. The predicted molar refractivity (Wildman–Crippen MR) is 97.4 cm³/mol. The number of ether oxygens (including phenoxy) is 1. The Bertz CT molecular complexity index is 970. The lowest BCUT2D eigenvalue weighted by atomic mass is 9.87. The molecule has 1 atom stereocenters. The molecule has 4 rings (SSSR count). The van der Waals surface area contributed by atoms with Crippen LogP contribution < -0.4 is 4.74 Å². The van der Waals surface area contributed by atoms with Crippen LogP contribution in [0.4, 0.5) is 0 Å². The van der Waals surface area contributed by atoms with E-state index in [4.69, 9.17) is 4.74 Å². The molecular weight excluding hydrogens is 312 g/mol. The van der Waals surface area contributed by atoms with Gasteiger partial charge in [0, 0.05) is 12.0 Å². The predicted octanol–water partition coefficient (Wildman–Crippen LogP) is 4.61. The fraction of sp³-hybridized carbons (Fsp3) is 0.182. The Labute approximate surface area is 146 Å². The maximum Gasteiger partial charge on any atom is 0.174 e. The summed E-state index contributed by atoms with van der Waals surface area (Å²) in [5.74, 6) is 0.152. The first-order valence-corrected chi connectivity index (χ1v) is 8.42. The Balaban J connectivity index is 1.64. The van der Waals surface area contributed by atoms with E-state index in [-0.39, 0.29) is 24.6 Å². The third-order valence-electron chi connectivity index (χ3n) is 4.75. The molecule has 1 unspecified atom stereocenters. The van der Waals surface area contributed by atoms with Crippen LogP contribution in [0.2, 0.25) is 0 Å². The second kappa shape index (κ2) is 6.17. The van der Waals surface area contributed by atoms with Crippen molar-refractivity contribution >= 4 is 22.3 Å². The minimum Gasteiger partial charge on any atom is -0.492 e. The summed E-state index contributed by atoms with van der Waals surface area (Å²) in [7, 11) is 0. The van der Waals surface area contributed by atoms with Crippen molar-refractivity contribution in [2.75, 3.05) is 6.61 Å². The van der Waals surface area contributed by atoms with E-state index in [1.54, 1.807) is 0 Å². The molecule has 0 amide bonds. The van der Waals surface area contributed by atoms with Crippen molar-refractivity contribution in [3.05, 3.63) is 77.4 Å². The van der Waals surface area contributed by atoms with E-state index in [1.165, 1.54) is 0 Å². The highest BCUT2D eigenvalue weighted by Crippen LogP contribution is 2.35. The van der Waals surface area contributed by atoms with Gasteiger partial charge in [-0.15, -0.1) is 0 Å². The van der Waals surface area contributed by atoms with Gasteiger partial charge in [-0.25, -0.2) is 0 Å².